The third-order valence-electron chi connectivity index (χ3n) is 2.59. The number of nitrogens with two attached hydrogens (primary N) is 1. The molecule has 2 rings (SSSR count). The van der Waals surface area contributed by atoms with Gasteiger partial charge in [-0.05, 0) is 31.8 Å². The molecule has 1 heterocycles. The number of hydrogen-bond acceptors (Lipinski definition) is 4. The number of fused-ring (bicyclic) bond motifs is 1. The summed E-state index contributed by atoms with van der Waals surface area (Å²) in [5, 5.41) is 0. The van der Waals surface area contributed by atoms with Gasteiger partial charge < -0.3 is 15.1 Å². The molecular formula is C11H15N3O. The first kappa shape index (κ1) is 10.1. The number of rotatable bonds is 3. The van der Waals surface area contributed by atoms with Gasteiger partial charge in [-0.1, -0.05) is 6.07 Å². The Bertz CT molecular complexity index is 450. The highest BCUT2D eigenvalue weighted by atomic mass is 16.3. The van der Waals surface area contributed by atoms with E-state index >= 15 is 0 Å². The van der Waals surface area contributed by atoms with Crippen molar-refractivity contribution in [3.8, 4) is 0 Å². The Morgan fingerprint density at radius 3 is 2.93 bits per heavy atom. The number of nitrogens with zero attached hydrogens (tertiary/aromatic N) is 2. The molecule has 4 heteroatoms. The lowest BCUT2D eigenvalue weighted by molar-refractivity contribution is 0.306. The summed E-state index contributed by atoms with van der Waals surface area (Å²) >= 11 is 0. The maximum Gasteiger partial charge on any atom is 0.181 e. The van der Waals surface area contributed by atoms with Gasteiger partial charge in [0.2, 0.25) is 0 Å². The summed E-state index contributed by atoms with van der Waals surface area (Å²) in [6.07, 6.45) is 1.46. The van der Waals surface area contributed by atoms with Crippen molar-refractivity contribution in [1.29, 1.82) is 0 Å². The summed E-state index contributed by atoms with van der Waals surface area (Å²) in [7, 11) is 4.03. The summed E-state index contributed by atoms with van der Waals surface area (Å²) in [5.74, 6) is 0. The molecule has 0 amide bonds. The van der Waals surface area contributed by atoms with E-state index in [0.717, 1.165) is 16.7 Å². The standard InChI is InChI=1S/C11H15N3O/c1-14(2)10(6-12)8-3-4-9-11(5-8)15-7-13-9/h3-5,7,10H,6,12H2,1-2H3. The number of aromatic nitrogens is 1. The first-order chi connectivity index (χ1) is 7.22. The van der Waals surface area contributed by atoms with E-state index in [1.165, 1.54) is 6.39 Å². The molecular weight excluding hydrogens is 190 g/mol. The van der Waals surface area contributed by atoms with Crippen molar-refractivity contribution in [2.24, 2.45) is 5.73 Å². The molecule has 2 aromatic rings. The molecule has 15 heavy (non-hydrogen) atoms. The molecule has 0 saturated carbocycles. The van der Waals surface area contributed by atoms with Gasteiger partial charge >= 0.3 is 0 Å². The average Bonchev–Trinajstić information content (AvgIpc) is 2.65. The van der Waals surface area contributed by atoms with Crippen LogP contribution < -0.4 is 5.73 Å². The van der Waals surface area contributed by atoms with Gasteiger partial charge in [-0.15, -0.1) is 0 Å². The molecule has 4 nitrogen and oxygen atoms in total. The van der Waals surface area contributed by atoms with E-state index in [0.29, 0.717) is 6.54 Å². The molecule has 0 aliphatic carbocycles. The molecule has 1 unspecified atom stereocenters. The minimum atomic E-state index is 0.222. The van der Waals surface area contributed by atoms with Gasteiger partial charge in [-0.2, -0.15) is 0 Å². The second kappa shape index (κ2) is 4.00. The Balaban J connectivity index is 2.41. The fourth-order valence-electron chi connectivity index (χ4n) is 1.72. The van der Waals surface area contributed by atoms with E-state index < -0.39 is 0 Å². The summed E-state index contributed by atoms with van der Waals surface area (Å²) < 4.78 is 5.26. The molecule has 0 aliphatic rings. The third-order valence-corrected chi connectivity index (χ3v) is 2.59. The van der Waals surface area contributed by atoms with Crippen LogP contribution in [0.25, 0.3) is 11.1 Å². The number of benzene rings is 1. The van der Waals surface area contributed by atoms with Crippen molar-refractivity contribution in [2.45, 2.75) is 6.04 Å². The average molecular weight is 205 g/mol. The van der Waals surface area contributed by atoms with E-state index in [9.17, 15) is 0 Å². The Kier molecular flexibility index (Phi) is 2.70. The Labute approximate surface area is 88.7 Å². The van der Waals surface area contributed by atoms with Gasteiger partial charge in [-0.25, -0.2) is 4.98 Å². The summed E-state index contributed by atoms with van der Waals surface area (Å²) in [5.41, 5.74) is 8.59. The molecule has 0 fully saturated rings. The van der Waals surface area contributed by atoms with E-state index in [1.54, 1.807) is 0 Å². The Morgan fingerprint density at radius 2 is 2.27 bits per heavy atom. The highest BCUT2D eigenvalue weighted by Gasteiger charge is 2.13. The van der Waals surface area contributed by atoms with Crippen LogP contribution in [0.1, 0.15) is 11.6 Å². The van der Waals surface area contributed by atoms with Gasteiger partial charge in [0.25, 0.3) is 0 Å². The topological polar surface area (TPSA) is 55.3 Å². The Morgan fingerprint density at radius 1 is 1.47 bits per heavy atom. The van der Waals surface area contributed by atoms with Gasteiger partial charge in [-0.3, -0.25) is 0 Å². The van der Waals surface area contributed by atoms with Crippen LogP contribution in [0.15, 0.2) is 29.0 Å². The lowest BCUT2D eigenvalue weighted by Gasteiger charge is -2.22. The largest absolute Gasteiger partial charge is 0.443 e. The van der Waals surface area contributed by atoms with Crippen molar-refractivity contribution >= 4 is 11.1 Å². The maximum absolute atomic E-state index is 5.74. The Hall–Kier alpha value is -1.39. The molecule has 0 spiro atoms. The van der Waals surface area contributed by atoms with Gasteiger partial charge in [0, 0.05) is 12.6 Å². The van der Waals surface area contributed by atoms with Crippen LogP contribution in [0.4, 0.5) is 0 Å². The SMILES string of the molecule is CN(C)C(CN)c1ccc2ncoc2c1. The number of hydrogen-bond donors (Lipinski definition) is 1. The molecule has 1 aromatic heterocycles. The van der Waals surface area contributed by atoms with Gasteiger partial charge in [0.1, 0.15) is 5.52 Å². The van der Waals surface area contributed by atoms with Crippen LogP contribution in [0, 0.1) is 0 Å². The van der Waals surface area contributed by atoms with Crippen LogP contribution >= 0.6 is 0 Å². The second-order valence-corrected chi connectivity index (χ2v) is 3.79. The van der Waals surface area contributed by atoms with E-state index in [2.05, 4.69) is 9.88 Å². The van der Waals surface area contributed by atoms with E-state index in [4.69, 9.17) is 10.2 Å². The van der Waals surface area contributed by atoms with Crippen molar-refractivity contribution in [1.82, 2.24) is 9.88 Å². The lowest BCUT2D eigenvalue weighted by atomic mass is 10.1. The molecule has 1 aromatic carbocycles. The fourth-order valence-corrected chi connectivity index (χ4v) is 1.72. The minimum Gasteiger partial charge on any atom is -0.443 e. The van der Waals surface area contributed by atoms with E-state index in [1.807, 2.05) is 32.3 Å². The molecule has 0 radical (unpaired) electrons. The molecule has 2 N–H and O–H groups in total. The summed E-state index contributed by atoms with van der Waals surface area (Å²) in [6, 6.07) is 6.22. The zero-order valence-corrected chi connectivity index (χ0v) is 8.97. The maximum atomic E-state index is 5.74. The highest BCUT2D eigenvalue weighted by Crippen LogP contribution is 2.21. The highest BCUT2D eigenvalue weighted by molar-refractivity contribution is 5.72. The zero-order valence-electron chi connectivity index (χ0n) is 8.97. The fraction of sp³-hybridized carbons (Fsp3) is 0.364. The predicted molar refractivity (Wildman–Crippen MR) is 59.5 cm³/mol. The van der Waals surface area contributed by atoms with Crippen LogP contribution in [-0.2, 0) is 0 Å². The van der Waals surface area contributed by atoms with Crippen LogP contribution in [0.5, 0.6) is 0 Å². The first-order valence-electron chi connectivity index (χ1n) is 4.92. The second-order valence-electron chi connectivity index (χ2n) is 3.79. The molecule has 0 saturated heterocycles. The van der Waals surface area contributed by atoms with Crippen molar-refractivity contribution in [3.63, 3.8) is 0 Å². The summed E-state index contributed by atoms with van der Waals surface area (Å²) in [4.78, 5) is 6.17. The van der Waals surface area contributed by atoms with Crippen LogP contribution in [-0.4, -0.2) is 30.5 Å². The van der Waals surface area contributed by atoms with E-state index in [-0.39, 0.29) is 6.04 Å². The summed E-state index contributed by atoms with van der Waals surface area (Å²) in [6.45, 7) is 0.590. The van der Waals surface area contributed by atoms with Crippen molar-refractivity contribution < 1.29 is 4.42 Å². The van der Waals surface area contributed by atoms with Crippen LogP contribution in [0.2, 0.25) is 0 Å². The molecule has 1 atom stereocenters. The molecule has 0 bridgehead atoms. The minimum absolute atomic E-state index is 0.222. The third kappa shape index (κ3) is 1.86. The molecule has 0 aliphatic heterocycles. The quantitative estimate of drug-likeness (QED) is 0.822. The van der Waals surface area contributed by atoms with Crippen molar-refractivity contribution in [3.05, 3.63) is 30.2 Å². The lowest BCUT2D eigenvalue weighted by Crippen LogP contribution is -2.27. The van der Waals surface area contributed by atoms with Crippen molar-refractivity contribution in [2.75, 3.05) is 20.6 Å². The normalized spacial score (nSPS) is 13.6. The predicted octanol–water partition coefficient (Wildman–Crippen LogP) is 1.39. The zero-order chi connectivity index (χ0) is 10.8. The van der Waals surface area contributed by atoms with Gasteiger partial charge in [0.05, 0.1) is 0 Å². The smallest absolute Gasteiger partial charge is 0.181 e. The van der Waals surface area contributed by atoms with Gasteiger partial charge in [0.15, 0.2) is 12.0 Å². The number of oxazole rings is 1. The van der Waals surface area contributed by atoms with Crippen LogP contribution in [0.3, 0.4) is 0 Å². The monoisotopic (exact) mass is 205 g/mol. The number of likely N-dealkylation sites (N-methyl/N-ethyl adjacent to an activating group) is 1. The molecule has 80 valence electrons. The first-order valence-corrected chi connectivity index (χ1v) is 4.92.